The maximum Gasteiger partial charge on any atom is 0.433 e. The fraction of sp³-hybridized carbons (Fsp3) is 0.0769. The van der Waals surface area contributed by atoms with Crippen LogP contribution in [0.1, 0.15) is 23.0 Å². The zero-order valence-corrected chi connectivity index (χ0v) is 10.5. The van der Waals surface area contributed by atoms with Crippen LogP contribution in [0.4, 0.5) is 11.6 Å². The van der Waals surface area contributed by atoms with Crippen molar-refractivity contribution in [2.24, 2.45) is 0 Å². The SMILES string of the molecule is CC(=O)Nc1ccc(C(=O)c2ccc([N+](=O)[O-])o2)cc1. The number of nitrogens with one attached hydrogen (secondary N) is 1. The van der Waals surface area contributed by atoms with Gasteiger partial charge >= 0.3 is 5.88 Å². The molecule has 20 heavy (non-hydrogen) atoms. The van der Waals surface area contributed by atoms with Crippen LogP contribution in [0.15, 0.2) is 40.8 Å². The number of carbonyl (C=O) groups excluding carboxylic acids is 2. The first-order valence-electron chi connectivity index (χ1n) is 5.64. The monoisotopic (exact) mass is 274 g/mol. The largest absolute Gasteiger partial charge is 0.433 e. The minimum Gasteiger partial charge on any atom is -0.397 e. The maximum atomic E-state index is 12.0. The van der Waals surface area contributed by atoms with Gasteiger partial charge in [-0.25, -0.2) is 0 Å². The third kappa shape index (κ3) is 2.89. The molecular weight excluding hydrogens is 264 g/mol. The molecule has 1 heterocycles. The van der Waals surface area contributed by atoms with E-state index in [4.69, 9.17) is 4.42 Å². The van der Waals surface area contributed by atoms with E-state index in [0.717, 1.165) is 6.07 Å². The van der Waals surface area contributed by atoms with Crippen molar-refractivity contribution in [2.75, 3.05) is 5.32 Å². The van der Waals surface area contributed by atoms with Gasteiger partial charge in [0.05, 0.1) is 6.07 Å². The van der Waals surface area contributed by atoms with Gasteiger partial charge in [0.15, 0.2) is 5.76 Å². The number of benzene rings is 1. The Labute approximate surface area is 113 Å². The fourth-order valence-electron chi connectivity index (χ4n) is 1.60. The van der Waals surface area contributed by atoms with Gasteiger partial charge < -0.3 is 9.73 Å². The van der Waals surface area contributed by atoms with Crippen molar-refractivity contribution in [1.29, 1.82) is 0 Å². The molecule has 2 aromatic rings. The zero-order valence-electron chi connectivity index (χ0n) is 10.5. The molecule has 1 aromatic heterocycles. The number of nitrogens with zero attached hydrogens (tertiary/aromatic N) is 1. The standard InChI is InChI=1S/C13H10N2O5/c1-8(16)14-10-4-2-9(3-5-10)13(17)11-6-7-12(20-11)15(18)19/h2-7H,1H3,(H,14,16). The molecule has 0 radical (unpaired) electrons. The van der Waals surface area contributed by atoms with Crippen molar-refractivity contribution in [3.8, 4) is 0 Å². The summed E-state index contributed by atoms with van der Waals surface area (Å²) in [6.45, 7) is 1.38. The molecule has 0 bridgehead atoms. The van der Waals surface area contributed by atoms with Gasteiger partial charge in [0.2, 0.25) is 11.7 Å². The molecule has 2 rings (SSSR count). The van der Waals surface area contributed by atoms with E-state index < -0.39 is 16.6 Å². The van der Waals surface area contributed by atoms with Crippen LogP contribution in [0.2, 0.25) is 0 Å². The summed E-state index contributed by atoms with van der Waals surface area (Å²) in [4.78, 5) is 32.6. The molecule has 7 nitrogen and oxygen atoms in total. The number of hydrogen-bond donors (Lipinski definition) is 1. The Morgan fingerprint density at radius 2 is 1.80 bits per heavy atom. The molecule has 0 saturated carbocycles. The molecule has 0 saturated heterocycles. The second-order valence-corrected chi connectivity index (χ2v) is 3.98. The Hall–Kier alpha value is -2.96. The summed E-state index contributed by atoms with van der Waals surface area (Å²) < 4.78 is 4.84. The zero-order chi connectivity index (χ0) is 14.7. The van der Waals surface area contributed by atoms with E-state index in [1.54, 1.807) is 12.1 Å². The van der Waals surface area contributed by atoms with Crippen molar-refractivity contribution < 1.29 is 18.9 Å². The Kier molecular flexibility index (Phi) is 3.60. The van der Waals surface area contributed by atoms with E-state index in [1.807, 2.05) is 0 Å². The van der Waals surface area contributed by atoms with Crippen molar-refractivity contribution in [3.05, 3.63) is 57.8 Å². The van der Waals surface area contributed by atoms with Crippen LogP contribution >= 0.6 is 0 Å². The molecular formula is C13H10N2O5. The van der Waals surface area contributed by atoms with E-state index in [1.165, 1.54) is 25.1 Å². The van der Waals surface area contributed by atoms with Crippen molar-refractivity contribution >= 4 is 23.3 Å². The summed E-state index contributed by atoms with van der Waals surface area (Å²) in [5.74, 6) is -1.27. The Balaban J connectivity index is 2.20. The topological polar surface area (TPSA) is 102 Å². The molecule has 1 aromatic carbocycles. The predicted octanol–water partition coefficient (Wildman–Crippen LogP) is 2.38. The van der Waals surface area contributed by atoms with Gasteiger partial charge in [-0.1, -0.05) is 0 Å². The molecule has 102 valence electrons. The number of rotatable bonds is 4. The average molecular weight is 274 g/mol. The van der Waals surface area contributed by atoms with E-state index >= 15 is 0 Å². The molecule has 7 heteroatoms. The number of carbonyl (C=O) groups is 2. The summed E-state index contributed by atoms with van der Waals surface area (Å²) >= 11 is 0. The van der Waals surface area contributed by atoms with Gasteiger partial charge in [-0.05, 0) is 30.3 Å². The molecule has 0 unspecified atom stereocenters. The lowest BCUT2D eigenvalue weighted by Crippen LogP contribution is -2.06. The maximum absolute atomic E-state index is 12.0. The Morgan fingerprint density at radius 1 is 1.15 bits per heavy atom. The van der Waals surface area contributed by atoms with Crippen LogP contribution in [0.25, 0.3) is 0 Å². The number of ketones is 1. The highest BCUT2D eigenvalue weighted by Crippen LogP contribution is 2.19. The normalized spacial score (nSPS) is 10.1. The third-order valence-electron chi connectivity index (χ3n) is 2.46. The highest BCUT2D eigenvalue weighted by molar-refractivity contribution is 6.07. The number of anilines is 1. The molecule has 1 amide bonds. The first kappa shape index (κ1) is 13.5. The van der Waals surface area contributed by atoms with Gasteiger partial charge in [0, 0.05) is 18.2 Å². The molecule has 0 spiro atoms. The lowest BCUT2D eigenvalue weighted by Gasteiger charge is -2.02. The lowest BCUT2D eigenvalue weighted by molar-refractivity contribution is -0.402. The van der Waals surface area contributed by atoms with E-state index in [0.29, 0.717) is 11.3 Å². The summed E-state index contributed by atoms with van der Waals surface area (Å²) in [5.41, 5.74) is 0.864. The van der Waals surface area contributed by atoms with Crippen LogP contribution < -0.4 is 5.32 Å². The van der Waals surface area contributed by atoms with E-state index in [2.05, 4.69) is 5.32 Å². The van der Waals surface area contributed by atoms with Crippen LogP contribution in [-0.2, 0) is 4.79 Å². The fourth-order valence-corrected chi connectivity index (χ4v) is 1.60. The first-order chi connectivity index (χ1) is 9.47. The quantitative estimate of drug-likeness (QED) is 0.523. The molecule has 0 atom stereocenters. The summed E-state index contributed by atoms with van der Waals surface area (Å²) in [7, 11) is 0. The van der Waals surface area contributed by atoms with Crippen LogP contribution in [0, 0.1) is 10.1 Å². The highest BCUT2D eigenvalue weighted by atomic mass is 16.6. The van der Waals surface area contributed by atoms with Crippen molar-refractivity contribution in [1.82, 2.24) is 0 Å². The molecule has 0 fully saturated rings. The van der Waals surface area contributed by atoms with Crippen LogP contribution in [-0.4, -0.2) is 16.6 Å². The second kappa shape index (κ2) is 5.35. The smallest absolute Gasteiger partial charge is 0.397 e. The van der Waals surface area contributed by atoms with Crippen molar-refractivity contribution in [2.45, 2.75) is 6.92 Å². The highest BCUT2D eigenvalue weighted by Gasteiger charge is 2.18. The van der Waals surface area contributed by atoms with E-state index in [9.17, 15) is 19.7 Å². The van der Waals surface area contributed by atoms with Gasteiger partial charge in [0.25, 0.3) is 0 Å². The Morgan fingerprint density at radius 3 is 2.30 bits per heavy atom. The van der Waals surface area contributed by atoms with Gasteiger partial charge in [-0.2, -0.15) is 0 Å². The molecule has 1 N–H and O–H groups in total. The number of nitro groups is 1. The van der Waals surface area contributed by atoms with Crippen LogP contribution in [0.5, 0.6) is 0 Å². The number of furan rings is 1. The second-order valence-electron chi connectivity index (χ2n) is 3.98. The lowest BCUT2D eigenvalue weighted by atomic mass is 10.1. The third-order valence-corrected chi connectivity index (χ3v) is 2.46. The van der Waals surface area contributed by atoms with Gasteiger partial charge in [-0.3, -0.25) is 19.7 Å². The Bertz CT molecular complexity index is 672. The first-order valence-corrected chi connectivity index (χ1v) is 5.64. The summed E-state index contributed by atoms with van der Waals surface area (Å²) in [5, 5.41) is 13.0. The van der Waals surface area contributed by atoms with E-state index in [-0.39, 0.29) is 11.7 Å². The summed E-state index contributed by atoms with van der Waals surface area (Å²) in [6, 6.07) is 8.50. The molecule has 0 aliphatic rings. The van der Waals surface area contributed by atoms with Gasteiger partial charge in [-0.15, -0.1) is 0 Å². The summed E-state index contributed by atoms with van der Waals surface area (Å²) in [6.07, 6.45) is 0. The van der Waals surface area contributed by atoms with Crippen LogP contribution in [0.3, 0.4) is 0 Å². The minimum absolute atomic E-state index is 0.107. The molecule has 0 aliphatic carbocycles. The predicted molar refractivity (Wildman–Crippen MR) is 69.5 cm³/mol. The minimum atomic E-state index is -0.712. The molecule has 0 aliphatic heterocycles. The van der Waals surface area contributed by atoms with Crippen molar-refractivity contribution in [3.63, 3.8) is 0 Å². The number of hydrogen-bond acceptors (Lipinski definition) is 5. The average Bonchev–Trinajstić information content (AvgIpc) is 2.88. The number of amides is 1. The van der Waals surface area contributed by atoms with Gasteiger partial charge in [0.1, 0.15) is 4.92 Å².